The zero-order chi connectivity index (χ0) is 12.0. The fraction of sp³-hybridized carbons (Fsp3) is 0.417. The highest BCUT2D eigenvalue weighted by atomic mass is 35.5. The van der Waals surface area contributed by atoms with Crippen LogP contribution in [0.2, 0.25) is 0 Å². The molecule has 0 spiro atoms. The normalized spacial score (nSPS) is 12.2. The minimum Gasteiger partial charge on any atom is -0.380 e. The summed E-state index contributed by atoms with van der Waals surface area (Å²) < 4.78 is 5.04. The second kappa shape index (κ2) is 6.51. The Bertz CT molecular complexity index is 353. The third kappa shape index (κ3) is 4.21. The van der Waals surface area contributed by atoms with Gasteiger partial charge in [-0.05, 0) is 18.1 Å². The number of halogens is 1. The average Bonchev–Trinajstić information content (AvgIpc) is 2.26. The summed E-state index contributed by atoms with van der Waals surface area (Å²) in [5.74, 6) is -0.154. The van der Waals surface area contributed by atoms with Gasteiger partial charge in [0.05, 0.1) is 6.61 Å². The summed E-state index contributed by atoms with van der Waals surface area (Å²) in [5, 5.41) is 2.26. The molecule has 1 aromatic carbocycles. The van der Waals surface area contributed by atoms with Crippen LogP contribution in [-0.2, 0) is 22.7 Å². The zero-order valence-corrected chi connectivity index (χ0v) is 10.3. The van der Waals surface area contributed by atoms with E-state index in [1.165, 1.54) is 0 Å². The predicted molar refractivity (Wildman–Crippen MR) is 64.3 cm³/mol. The van der Waals surface area contributed by atoms with E-state index in [2.05, 4.69) is 5.32 Å². The number of benzene rings is 1. The van der Waals surface area contributed by atoms with Crippen molar-refractivity contribution in [3.63, 3.8) is 0 Å². The molecule has 88 valence electrons. The third-order valence-corrected chi connectivity index (χ3v) is 2.33. The van der Waals surface area contributed by atoms with Crippen LogP contribution in [0.1, 0.15) is 18.1 Å². The summed E-state index contributed by atoms with van der Waals surface area (Å²) in [7, 11) is 1.66. The number of carbonyl (C=O) groups is 1. The van der Waals surface area contributed by atoms with E-state index in [0.717, 1.165) is 11.1 Å². The van der Waals surface area contributed by atoms with Crippen molar-refractivity contribution in [3.8, 4) is 0 Å². The lowest BCUT2D eigenvalue weighted by molar-refractivity contribution is -0.120. The minimum absolute atomic E-state index is 0.154. The summed E-state index contributed by atoms with van der Waals surface area (Å²) in [5.41, 5.74) is 2.13. The molecular formula is C12H16ClNO2. The molecule has 0 bridgehead atoms. The summed E-state index contributed by atoms with van der Waals surface area (Å²) in [6, 6.07) is 7.89. The Kier molecular flexibility index (Phi) is 5.29. The quantitative estimate of drug-likeness (QED) is 0.802. The molecule has 3 nitrogen and oxygen atoms in total. The second-order valence-corrected chi connectivity index (χ2v) is 4.24. The molecule has 1 atom stereocenters. The molecule has 16 heavy (non-hydrogen) atoms. The molecule has 0 radical (unpaired) electrons. The van der Waals surface area contributed by atoms with Crippen molar-refractivity contribution in [2.75, 3.05) is 7.11 Å². The summed E-state index contributed by atoms with van der Waals surface area (Å²) in [6.07, 6.45) is 0. The van der Waals surface area contributed by atoms with Gasteiger partial charge in [0.25, 0.3) is 0 Å². The first-order valence-corrected chi connectivity index (χ1v) is 5.55. The minimum atomic E-state index is -0.498. The van der Waals surface area contributed by atoms with Crippen molar-refractivity contribution < 1.29 is 9.53 Å². The molecule has 0 fully saturated rings. The number of hydrogen-bond acceptors (Lipinski definition) is 2. The highest BCUT2D eigenvalue weighted by molar-refractivity contribution is 6.30. The van der Waals surface area contributed by atoms with Gasteiger partial charge in [-0.2, -0.15) is 0 Å². The lowest BCUT2D eigenvalue weighted by Gasteiger charge is -2.07. The van der Waals surface area contributed by atoms with E-state index < -0.39 is 5.38 Å². The largest absolute Gasteiger partial charge is 0.380 e. The van der Waals surface area contributed by atoms with Crippen LogP contribution in [0.3, 0.4) is 0 Å². The fourth-order valence-electron chi connectivity index (χ4n) is 1.33. The third-order valence-electron chi connectivity index (χ3n) is 2.13. The lowest BCUT2D eigenvalue weighted by Crippen LogP contribution is -2.29. The maximum Gasteiger partial charge on any atom is 0.238 e. The lowest BCUT2D eigenvalue weighted by atomic mass is 10.1. The highest BCUT2D eigenvalue weighted by Gasteiger charge is 2.07. The van der Waals surface area contributed by atoms with Gasteiger partial charge in [-0.15, -0.1) is 11.6 Å². The van der Waals surface area contributed by atoms with Gasteiger partial charge in [0.2, 0.25) is 5.91 Å². The molecule has 1 amide bonds. The van der Waals surface area contributed by atoms with E-state index in [1.54, 1.807) is 14.0 Å². The second-order valence-electron chi connectivity index (χ2n) is 3.59. The van der Waals surface area contributed by atoms with Crippen LogP contribution in [0, 0.1) is 0 Å². The van der Waals surface area contributed by atoms with Crippen LogP contribution < -0.4 is 5.32 Å². The van der Waals surface area contributed by atoms with Crippen molar-refractivity contribution in [3.05, 3.63) is 35.4 Å². The van der Waals surface area contributed by atoms with Gasteiger partial charge in [-0.3, -0.25) is 4.79 Å². The Morgan fingerprint density at radius 1 is 1.50 bits per heavy atom. The standard InChI is InChI=1S/C12H16ClNO2/c1-9(13)12(15)14-7-10-4-3-5-11(6-10)8-16-2/h3-6,9H,7-8H2,1-2H3,(H,14,15). The number of ether oxygens (including phenoxy) is 1. The number of amides is 1. The van der Waals surface area contributed by atoms with Gasteiger partial charge in [0, 0.05) is 13.7 Å². The molecule has 0 heterocycles. The maximum atomic E-state index is 11.3. The number of rotatable bonds is 5. The molecule has 0 aliphatic heterocycles. The average molecular weight is 242 g/mol. The molecule has 0 saturated carbocycles. The van der Waals surface area contributed by atoms with Crippen LogP contribution in [0.5, 0.6) is 0 Å². The Balaban J connectivity index is 2.53. The van der Waals surface area contributed by atoms with Crippen molar-refractivity contribution >= 4 is 17.5 Å². The van der Waals surface area contributed by atoms with E-state index in [0.29, 0.717) is 13.2 Å². The van der Waals surface area contributed by atoms with Crippen molar-refractivity contribution in [2.24, 2.45) is 0 Å². The number of hydrogen-bond donors (Lipinski definition) is 1. The molecule has 0 aliphatic rings. The van der Waals surface area contributed by atoms with Crippen LogP contribution >= 0.6 is 11.6 Å². The fourth-order valence-corrected chi connectivity index (χ4v) is 1.40. The van der Waals surface area contributed by atoms with Crippen molar-refractivity contribution in [1.29, 1.82) is 0 Å². The van der Waals surface area contributed by atoms with E-state index in [-0.39, 0.29) is 5.91 Å². The van der Waals surface area contributed by atoms with E-state index >= 15 is 0 Å². The Labute approximate surface area is 101 Å². The summed E-state index contributed by atoms with van der Waals surface area (Å²) in [4.78, 5) is 11.3. The van der Waals surface area contributed by atoms with Gasteiger partial charge in [0.15, 0.2) is 0 Å². The molecular weight excluding hydrogens is 226 g/mol. The number of nitrogens with one attached hydrogen (secondary N) is 1. The van der Waals surface area contributed by atoms with Gasteiger partial charge in [0.1, 0.15) is 5.38 Å². The van der Waals surface area contributed by atoms with E-state index in [4.69, 9.17) is 16.3 Å². The molecule has 0 saturated heterocycles. The molecule has 1 aromatic rings. The first-order valence-electron chi connectivity index (χ1n) is 5.12. The topological polar surface area (TPSA) is 38.3 Å². The van der Waals surface area contributed by atoms with E-state index in [1.807, 2.05) is 24.3 Å². The molecule has 0 aliphatic carbocycles. The number of methoxy groups -OCH3 is 1. The monoisotopic (exact) mass is 241 g/mol. The van der Waals surface area contributed by atoms with Crippen LogP contribution in [0.4, 0.5) is 0 Å². The molecule has 4 heteroatoms. The van der Waals surface area contributed by atoms with Gasteiger partial charge in [-0.25, -0.2) is 0 Å². The zero-order valence-electron chi connectivity index (χ0n) is 9.50. The predicted octanol–water partition coefficient (Wildman–Crippen LogP) is 2.08. The molecule has 1 rings (SSSR count). The Hall–Kier alpha value is -1.06. The number of alkyl halides is 1. The highest BCUT2D eigenvalue weighted by Crippen LogP contribution is 2.06. The molecule has 1 N–H and O–H groups in total. The van der Waals surface area contributed by atoms with Crippen LogP contribution in [0.15, 0.2) is 24.3 Å². The molecule has 0 aromatic heterocycles. The van der Waals surface area contributed by atoms with E-state index in [9.17, 15) is 4.79 Å². The Morgan fingerprint density at radius 2 is 2.19 bits per heavy atom. The smallest absolute Gasteiger partial charge is 0.238 e. The molecule has 1 unspecified atom stereocenters. The van der Waals surface area contributed by atoms with Crippen LogP contribution in [-0.4, -0.2) is 18.4 Å². The summed E-state index contributed by atoms with van der Waals surface area (Å²) in [6.45, 7) is 2.72. The Morgan fingerprint density at radius 3 is 2.81 bits per heavy atom. The van der Waals surface area contributed by atoms with Gasteiger partial charge >= 0.3 is 0 Å². The SMILES string of the molecule is COCc1cccc(CNC(=O)C(C)Cl)c1. The van der Waals surface area contributed by atoms with Gasteiger partial charge in [-0.1, -0.05) is 24.3 Å². The first kappa shape index (κ1) is 13.0. The maximum absolute atomic E-state index is 11.3. The van der Waals surface area contributed by atoms with Crippen LogP contribution in [0.25, 0.3) is 0 Å². The first-order chi connectivity index (χ1) is 7.63. The van der Waals surface area contributed by atoms with Gasteiger partial charge < -0.3 is 10.1 Å². The van der Waals surface area contributed by atoms with Crippen molar-refractivity contribution in [2.45, 2.75) is 25.5 Å². The summed E-state index contributed by atoms with van der Waals surface area (Å²) >= 11 is 5.64. The number of carbonyl (C=O) groups excluding carboxylic acids is 1. The van der Waals surface area contributed by atoms with Crippen molar-refractivity contribution in [1.82, 2.24) is 5.32 Å².